The lowest BCUT2D eigenvalue weighted by molar-refractivity contribution is 0.259. The van der Waals surface area contributed by atoms with Crippen LogP contribution >= 0.6 is 0 Å². The second kappa shape index (κ2) is 4.35. The first-order valence-electron chi connectivity index (χ1n) is 4.55. The molecule has 0 aromatic carbocycles. The molecule has 2 heterocycles. The summed E-state index contributed by atoms with van der Waals surface area (Å²) in [6.45, 7) is 0. The van der Waals surface area contributed by atoms with Crippen molar-refractivity contribution in [2.24, 2.45) is 5.73 Å². The number of hydrogen-bond acceptors (Lipinski definition) is 4. The molecule has 80 valence electrons. The third-order valence-corrected chi connectivity index (χ3v) is 1.87. The van der Waals surface area contributed by atoms with E-state index in [4.69, 9.17) is 5.73 Å². The van der Waals surface area contributed by atoms with Gasteiger partial charge in [-0.2, -0.15) is 0 Å². The van der Waals surface area contributed by atoms with Crippen molar-refractivity contribution in [1.29, 1.82) is 0 Å². The largest absolute Gasteiger partial charge is 0.351 e. The first-order valence-corrected chi connectivity index (χ1v) is 4.55. The maximum Gasteiger partial charge on any atom is 0.319 e. The zero-order valence-electron chi connectivity index (χ0n) is 8.29. The molecule has 6 nitrogen and oxygen atoms in total. The van der Waals surface area contributed by atoms with Crippen LogP contribution < -0.4 is 11.1 Å². The average molecular weight is 215 g/mol. The number of nitrogens with one attached hydrogen (secondary N) is 1. The van der Waals surface area contributed by atoms with Crippen molar-refractivity contribution in [2.75, 3.05) is 5.32 Å². The number of urea groups is 1. The summed E-state index contributed by atoms with van der Waals surface area (Å²) in [5.74, 6) is 0.182. The minimum Gasteiger partial charge on any atom is -0.351 e. The summed E-state index contributed by atoms with van der Waals surface area (Å²) in [5, 5.41) is 2.32. The van der Waals surface area contributed by atoms with Gasteiger partial charge in [-0.1, -0.05) is 0 Å². The predicted octanol–water partition coefficient (Wildman–Crippen LogP) is 1.03. The monoisotopic (exact) mass is 215 g/mol. The van der Waals surface area contributed by atoms with Crippen LogP contribution in [0.3, 0.4) is 0 Å². The second-order valence-corrected chi connectivity index (χ2v) is 2.99. The average Bonchev–Trinajstić information content (AvgIpc) is 2.30. The summed E-state index contributed by atoms with van der Waals surface area (Å²) in [5.41, 5.74) is 6.56. The topological polar surface area (TPSA) is 93.8 Å². The van der Waals surface area contributed by atoms with Crippen LogP contribution in [0.5, 0.6) is 0 Å². The Morgan fingerprint density at radius 2 is 1.94 bits per heavy atom. The van der Waals surface area contributed by atoms with Gasteiger partial charge in [0.15, 0.2) is 0 Å². The zero-order valence-corrected chi connectivity index (χ0v) is 8.29. The molecule has 0 atom stereocenters. The molecule has 0 bridgehead atoms. The number of aromatic nitrogens is 3. The van der Waals surface area contributed by atoms with E-state index in [1.165, 1.54) is 0 Å². The molecule has 16 heavy (non-hydrogen) atoms. The first-order chi connectivity index (χ1) is 7.75. The van der Waals surface area contributed by atoms with E-state index < -0.39 is 6.03 Å². The van der Waals surface area contributed by atoms with Gasteiger partial charge in [0.05, 0.1) is 5.69 Å². The van der Waals surface area contributed by atoms with E-state index in [2.05, 4.69) is 20.3 Å². The molecule has 0 saturated heterocycles. The number of pyridine rings is 1. The smallest absolute Gasteiger partial charge is 0.319 e. The number of rotatable bonds is 2. The molecular formula is C10H9N5O. The van der Waals surface area contributed by atoms with Crippen molar-refractivity contribution in [1.82, 2.24) is 15.0 Å². The fraction of sp³-hybridized carbons (Fsp3) is 0. The molecule has 2 rings (SSSR count). The molecule has 0 aliphatic rings. The number of carbonyl (C=O) groups excluding carboxylic acids is 1. The molecule has 0 radical (unpaired) electrons. The quantitative estimate of drug-likeness (QED) is 0.782. The molecule has 0 spiro atoms. The highest BCUT2D eigenvalue weighted by Gasteiger charge is 2.02. The summed E-state index contributed by atoms with van der Waals surface area (Å²) >= 11 is 0. The fourth-order valence-corrected chi connectivity index (χ4v) is 1.21. The molecule has 3 N–H and O–H groups in total. The van der Waals surface area contributed by atoms with Crippen LogP contribution in [0.4, 0.5) is 10.7 Å². The van der Waals surface area contributed by atoms with Gasteiger partial charge in [0, 0.05) is 24.2 Å². The van der Waals surface area contributed by atoms with Crippen molar-refractivity contribution >= 4 is 12.0 Å². The molecule has 0 aliphatic heterocycles. The minimum atomic E-state index is -0.688. The van der Waals surface area contributed by atoms with E-state index in [0.29, 0.717) is 5.69 Å². The molecule has 2 aromatic heterocycles. The van der Waals surface area contributed by atoms with E-state index in [1.807, 2.05) is 12.1 Å². The lowest BCUT2D eigenvalue weighted by Gasteiger charge is -2.02. The van der Waals surface area contributed by atoms with Crippen molar-refractivity contribution in [3.05, 3.63) is 36.8 Å². The van der Waals surface area contributed by atoms with Gasteiger partial charge in [-0.15, -0.1) is 0 Å². The fourth-order valence-electron chi connectivity index (χ4n) is 1.21. The van der Waals surface area contributed by atoms with Crippen molar-refractivity contribution in [3.63, 3.8) is 0 Å². The van der Waals surface area contributed by atoms with Crippen LogP contribution in [-0.4, -0.2) is 21.0 Å². The summed E-state index contributed by atoms with van der Waals surface area (Å²) < 4.78 is 0. The van der Waals surface area contributed by atoms with Crippen LogP contribution in [-0.2, 0) is 0 Å². The minimum absolute atomic E-state index is 0.182. The van der Waals surface area contributed by atoms with E-state index in [1.54, 1.807) is 24.7 Å². The lowest BCUT2D eigenvalue weighted by Crippen LogP contribution is -2.20. The Morgan fingerprint density at radius 1 is 1.19 bits per heavy atom. The first kappa shape index (κ1) is 10.0. The van der Waals surface area contributed by atoms with Crippen molar-refractivity contribution in [3.8, 4) is 11.3 Å². The molecule has 0 aliphatic carbocycles. The Labute approximate surface area is 91.6 Å². The summed E-state index contributed by atoms with van der Waals surface area (Å²) in [4.78, 5) is 22.5. The number of primary amides is 1. The predicted molar refractivity (Wildman–Crippen MR) is 58.5 cm³/mol. The SMILES string of the molecule is NC(=O)Nc1nccc(-c2ccncc2)n1. The van der Waals surface area contributed by atoms with Gasteiger partial charge in [0.2, 0.25) is 5.95 Å². The summed E-state index contributed by atoms with van der Waals surface area (Å²) in [7, 11) is 0. The molecular weight excluding hydrogens is 206 g/mol. The van der Waals surface area contributed by atoms with Crippen molar-refractivity contribution < 1.29 is 4.79 Å². The highest BCUT2D eigenvalue weighted by molar-refractivity contribution is 5.85. The molecule has 2 aromatic rings. The number of hydrogen-bond donors (Lipinski definition) is 2. The van der Waals surface area contributed by atoms with E-state index >= 15 is 0 Å². The maximum absolute atomic E-state index is 10.6. The van der Waals surface area contributed by atoms with Crippen LogP contribution in [0.1, 0.15) is 0 Å². The van der Waals surface area contributed by atoms with Crippen molar-refractivity contribution in [2.45, 2.75) is 0 Å². The molecule has 0 unspecified atom stereocenters. The van der Waals surface area contributed by atoms with Gasteiger partial charge in [0.25, 0.3) is 0 Å². The zero-order chi connectivity index (χ0) is 11.4. The molecule has 2 amide bonds. The summed E-state index contributed by atoms with van der Waals surface area (Å²) in [6.07, 6.45) is 4.88. The Bertz CT molecular complexity index is 500. The Balaban J connectivity index is 2.33. The lowest BCUT2D eigenvalue weighted by atomic mass is 10.2. The standard InChI is InChI=1S/C10H9N5O/c11-9(16)15-10-13-6-3-8(14-10)7-1-4-12-5-2-7/h1-6H,(H3,11,13,14,15,16). The van der Waals surface area contributed by atoms with Gasteiger partial charge in [-0.05, 0) is 18.2 Å². The number of amides is 2. The van der Waals surface area contributed by atoms with Crippen LogP contribution in [0, 0.1) is 0 Å². The maximum atomic E-state index is 10.6. The number of carbonyl (C=O) groups is 1. The van der Waals surface area contributed by atoms with Crippen LogP contribution in [0.25, 0.3) is 11.3 Å². The normalized spacial score (nSPS) is 9.75. The Hall–Kier alpha value is -2.50. The number of nitrogens with two attached hydrogens (primary N) is 1. The van der Waals surface area contributed by atoms with E-state index in [0.717, 1.165) is 5.56 Å². The third-order valence-electron chi connectivity index (χ3n) is 1.87. The van der Waals surface area contributed by atoms with Gasteiger partial charge < -0.3 is 5.73 Å². The van der Waals surface area contributed by atoms with Crippen LogP contribution in [0.15, 0.2) is 36.8 Å². The van der Waals surface area contributed by atoms with Crippen LogP contribution in [0.2, 0.25) is 0 Å². The highest BCUT2D eigenvalue weighted by atomic mass is 16.2. The van der Waals surface area contributed by atoms with Gasteiger partial charge >= 0.3 is 6.03 Å². The van der Waals surface area contributed by atoms with Gasteiger partial charge in [-0.3, -0.25) is 10.3 Å². The Kier molecular flexibility index (Phi) is 2.73. The summed E-state index contributed by atoms with van der Waals surface area (Å²) in [6, 6.07) is 4.68. The second-order valence-electron chi connectivity index (χ2n) is 2.99. The number of nitrogens with zero attached hydrogens (tertiary/aromatic N) is 3. The van der Waals surface area contributed by atoms with E-state index in [9.17, 15) is 4.79 Å². The third kappa shape index (κ3) is 2.30. The molecule has 0 fully saturated rings. The van der Waals surface area contributed by atoms with Gasteiger partial charge in [0.1, 0.15) is 0 Å². The molecule has 0 saturated carbocycles. The Morgan fingerprint density at radius 3 is 2.62 bits per heavy atom. The number of anilines is 1. The van der Waals surface area contributed by atoms with Gasteiger partial charge in [-0.25, -0.2) is 14.8 Å². The highest BCUT2D eigenvalue weighted by Crippen LogP contribution is 2.15. The molecule has 6 heteroatoms. The van der Waals surface area contributed by atoms with E-state index in [-0.39, 0.29) is 5.95 Å².